The molecule has 1 aromatic heterocycles. The lowest BCUT2D eigenvalue weighted by atomic mass is 10.1. The van der Waals surface area contributed by atoms with Gasteiger partial charge in [-0.1, -0.05) is 32.4 Å². The first-order valence-electron chi connectivity index (χ1n) is 7.62. The maximum absolute atomic E-state index is 14.6. The van der Waals surface area contributed by atoms with Gasteiger partial charge in [-0.25, -0.2) is 8.78 Å². The number of halogens is 2. The zero-order valence-corrected chi connectivity index (χ0v) is 13.5. The van der Waals surface area contributed by atoms with Crippen molar-refractivity contribution in [2.75, 3.05) is 6.61 Å². The SMILES string of the molecule is CCCOc1ccc2c(sc3c(F)c(CCC)ccc32)c1F. The minimum Gasteiger partial charge on any atom is -0.490 e. The van der Waals surface area contributed by atoms with Gasteiger partial charge in [0.05, 0.1) is 16.0 Å². The van der Waals surface area contributed by atoms with Gasteiger partial charge in [0.2, 0.25) is 0 Å². The average molecular weight is 320 g/mol. The molecule has 0 unspecified atom stereocenters. The number of benzene rings is 2. The molecule has 3 rings (SSSR count). The molecule has 0 amide bonds. The van der Waals surface area contributed by atoms with E-state index in [4.69, 9.17) is 4.74 Å². The van der Waals surface area contributed by atoms with Crippen LogP contribution >= 0.6 is 11.3 Å². The fraction of sp³-hybridized carbons (Fsp3) is 0.333. The van der Waals surface area contributed by atoms with Gasteiger partial charge in [0.15, 0.2) is 11.6 Å². The smallest absolute Gasteiger partial charge is 0.182 e. The molecule has 0 spiro atoms. The third-order valence-corrected chi connectivity index (χ3v) is 4.92. The summed E-state index contributed by atoms with van der Waals surface area (Å²) in [5.74, 6) is -0.352. The molecule has 0 bridgehead atoms. The van der Waals surface area contributed by atoms with E-state index in [0.717, 1.165) is 23.6 Å². The molecule has 0 aliphatic rings. The van der Waals surface area contributed by atoms with Gasteiger partial charge in [-0.3, -0.25) is 0 Å². The van der Waals surface area contributed by atoms with Gasteiger partial charge in [-0.05, 0) is 30.5 Å². The Kier molecular flexibility index (Phi) is 4.30. The zero-order chi connectivity index (χ0) is 15.7. The van der Waals surface area contributed by atoms with E-state index in [1.807, 2.05) is 32.0 Å². The van der Waals surface area contributed by atoms with E-state index in [2.05, 4.69) is 0 Å². The molecule has 0 N–H and O–H groups in total. The Labute approximate surface area is 132 Å². The summed E-state index contributed by atoms with van der Waals surface area (Å²) in [4.78, 5) is 0. The fourth-order valence-electron chi connectivity index (χ4n) is 2.65. The van der Waals surface area contributed by atoms with E-state index < -0.39 is 0 Å². The Morgan fingerprint density at radius 2 is 1.59 bits per heavy atom. The summed E-state index contributed by atoms with van der Waals surface area (Å²) in [5, 5.41) is 1.53. The van der Waals surface area contributed by atoms with Gasteiger partial charge in [0.25, 0.3) is 0 Å². The van der Waals surface area contributed by atoms with Crippen molar-refractivity contribution in [2.45, 2.75) is 33.1 Å². The van der Waals surface area contributed by atoms with Crippen molar-refractivity contribution < 1.29 is 13.5 Å². The van der Waals surface area contributed by atoms with Crippen LogP contribution in [0.15, 0.2) is 24.3 Å². The topological polar surface area (TPSA) is 9.23 Å². The van der Waals surface area contributed by atoms with Crippen LogP contribution in [0.25, 0.3) is 20.2 Å². The number of hydrogen-bond acceptors (Lipinski definition) is 2. The lowest BCUT2D eigenvalue weighted by Gasteiger charge is -2.05. The van der Waals surface area contributed by atoms with Crippen molar-refractivity contribution in [1.82, 2.24) is 0 Å². The molecule has 1 nitrogen and oxygen atoms in total. The van der Waals surface area contributed by atoms with Gasteiger partial charge < -0.3 is 4.74 Å². The minimum absolute atomic E-state index is 0.212. The molecule has 116 valence electrons. The zero-order valence-electron chi connectivity index (χ0n) is 12.7. The van der Waals surface area contributed by atoms with Crippen LogP contribution in [0.2, 0.25) is 0 Å². The number of ether oxygens (including phenoxy) is 1. The molecule has 0 saturated heterocycles. The van der Waals surface area contributed by atoms with Gasteiger partial charge in [0.1, 0.15) is 5.82 Å². The summed E-state index contributed by atoms with van der Waals surface area (Å²) in [6.45, 7) is 4.47. The first-order valence-corrected chi connectivity index (χ1v) is 8.43. The summed E-state index contributed by atoms with van der Waals surface area (Å²) < 4.78 is 35.6. The molecule has 22 heavy (non-hydrogen) atoms. The summed E-state index contributed by atoms with van der Waals surface area (Å²) in [6, 6.07) is 7.17. The molecule has 0 radical (unpaired) electrons. The summed E-state index contributed by atoms with van der Waals surface area (Å²) in [7, 11) is 0. The van der Waals surface area contributed by atoms with E-state index in [-0.39, 0.29) is 17.4 Å². The largest absolute Gasteiger partial charge is 0.490 e. The molecular formula is C18H18F2OS. The number of thiophene rings is 1. The highest BCUT2D eigenvalue weighted by atomic mass is 32.1. The van der Waals surface area contributed by atoms with Crippen LogP contribution in [-0.4, -0.2) is 6.61 Å². The molecule has 4 heteroatoms. The molecule has 0 aliphatic heterocycles. The first kappa shape index (κ1) is 15.2. The standard InChI is InChI=1S/C18H18F2OS/c1-3-5-11-6-7-12-13-8-9-14(21-10-4-2)16(20)18(13)22-17(12)15(11)19/h6-9H,3-5,10H2,1-2H3. The van der Waals surface area contributed by atoms with Crippen LogP contribution in [0, 0.1) is 11.6 Å². The van der Waals surface area contributed by atoms with Crippen LogP contribution < -0.4 is 4.74 Å². The van der Waals surface area contributed by atoms with Crippen LogP contribution in [-0.2, 0) is 6.42 Å². The van der Waals surface area contributed by atoms with Crippen molar-refractivity contribution in [3.8, 4) is 5.75 Å². The van der Waals surface area contributed by atoms with Gasteiger partial charge >= 0.3 is 0 Å². The Morgan fingerprint density at radius 3 is 2.27 bits per heavy atom. The lowest BCUT2D eigenvalue weighted by Crippen LogP contribution is -1.97. The van der Waals surface area contributed by atoms with E-state index in [9.17, 15) is 8.78 Å². The van der Waals surface area contributed by atoms with E-state index in [0.29, 0.717) is 28.0 Å². The minimum atomic E-state index is -0.386. The molecule has 0 fully saturated rings. The molecule has 1 heterocycles. The number of aryl methyl sites for hydroxylation is 1. The molecule has 0 aliphatic carbocycles. The highest BCUT2D eigenvalue weighted by molar-refractivity contribution is 7.25. The normalized spacial score (nSPS) is 11.5. The maximum Gasteiger partial charge on any atom is 0.182 e. The number of hydrogen-bond donors (Lipinski definition) is 0. The fourth-order valence-corrected chi connectivity index (χ4v) is 3.84. The molecular weight excluding hydrogens is 302 g/mol. The van der Waals surface area contributed by atoms with Crippen molar-refractivity contribution in [3.05, 3.63) is 41.5 Å². The third-order valence-electron chi connectivity index (χ3n) is 3.71. The Morgan fingerprint density at radius 1 is 0.909 bits per heavy atom. The van der Waals surface area contributed by atoms with Gasteiger partial charge in [-0.2, -0.15) is 0 Å². The summed E-state index contributed by atoms with van der Waals surface area (Å²) in [6.07, 6.45) is 2.40. The summed E-state index contributed by atoms with van der Waals surface area (Å²) in [5.41, 5.74) is 0.699. The van der Waals surface area contributed by atoms with Gasteiger partial charge in [-0.15, -0.1) is 11.3 Å². The predicted octanol–water partition coefficient (Wildman–Crippen LogP) is 6.07. The third kappa shape index (κ3) is 2.45. The second-order valence-electron chi connectivity index (χ2n) is 5.37. The van der Waals surface area contributed by atoms with Crippen molar-refractivity contribution >= 4 is 31.5 Å². The second kappa shape index (κ2) is 6.21. The Balaban J connectivity index is 2.20. The molecule has 0 atom stereocenters. The van der Waals surface area contributed by atoms with Crippen molar-refractivity contribution in [1.29, 1.82) is 0 Å². The molecule has 2 aromatic carbocycles. The highest BCUT2D eigenvalue weighted by Crippen LogP contribution is 2.40. The predicted molar refractivity (Wildman–Crippen MR) is 89.0 cm³/mol. The average Bonchev–Trinajstić information content (AvgIpc) is 2.90. The van der Waals surface area contributed by atoms with E-state index in [1.54, 1.807) is 6.07 Å². The maximum atomic E-state index is 14.6. The monoisotopic (exact) mass is 320 g/mol. The highest BCUT2D eigenvalue weighted by Gasteiger charge is 2.17. The van der Waals surface area contributed by atoms with E-state index >= 15 is 0 Å². The Hall–Kier alpha value is -1.68. The van der Waals surface area contributed by atoms with E-state index in [1.165, 1.54) is 11.3 Å². The van der Waals surface area contributed by atoms with Crippen molar-refractivity contribution in [2.24, 2.45) is 0 Å². The lowest BCUT2D eigenvalue weighted by molar-refractivity contribution is 0.303. The van der Waals surface area contributed by atoms with Crippen LogP contribution in [0.3, 0.4) is 0 Å². The van der Waals surface area contributed by atoms with Gasteiger partial charge in [0, 0.05) is 10.8 Å². The van der Waals surface area contributed by atoms with Crippen LogP contribution in [0.1, 0.15) is 32.3 Å². The first-order chi connectivity index (χ1) is 10.7. The van der Waals surface area contributed by atoms with Crippen LogP contribution in [0.5, 0.6) is 5.75 Å². The van der Waals surface area contributed by atoms with Crippen molar-refractivity contribution in [3.63, 3.8) is 0 Å². The Bertz CT molecular complexity index is 823. The number of rotatable bonds is 5. The molecule has 3 aromatic rings. The number of fused-ring (bicyclic) bond motifs is 3. The molecule has 0 saturated carbocycles. The summed E-state index contributed by atoms with van der Waals surface area (Å²) >= 11 is 1.17. The van der Waals surface area contributed by atoms with Crippen LogP contribution in [0.4, 0.5) is 8.78 Å². The second-order valence-corrected chi connectivity index (χ2v) is 6.39. The quantitative estimate of drug-likeness (QED) is 0.554.